The number of rotatable bonds is 2. The summed E-state index contributed by atoms with van der Waals surface area (Å²) in [7, 11) is 0. The van der Waals surface area contributed by atoms with Gasteiger partial charge in [-0.25, -0.2) is 0 Å². The summed E-state index contributed by atoms with van der Waals surface area (Å²) < 4.78 is 0. The predicted octanol–water partition coefficient (Wildman–Crippen LogP) is 3.11. The standard InChI is InChI=1S/C13H8ClN3/c14-13(11-2-1-5-17-9-11)12(8-15)10-3-6-16-7-4-10/h1-7,9H/b13-12-. The van der Waals surface area contributed by atoms with Gasteiger partial charge in [0.15, 0.2) is 0 Å². The number of nitriles is 1. The molecule has 0 unspecified atom stereocenters. The third kappa shape index (κ3) is 2.49. The van der Waals surface area contributed by atoms with Gasteiger partial charge in [-0.1, -0.05) is 17.7 Å². The van der Waals surface area contributed by atoms with Crippen LogP contribution in [-0.4, -0.2) is 9.97 Å². The summed E-state index contributed by atoms with van der Waals surface area (Å²) in [6.07, 6.45) is 6.53. The molecule has 0 spiro atoms. The molecule has 0 aliphatic rings. The molecule has 82 valence electrons. The average molecular weight is 242 g/mol. The Hall–Kier alpha value is -2.18. The zero-order valence-electron chi connectivity index (χ0n) is 8.84. The molecule has 0 aliphatic heterocycles. The highest BCUT2D eigenvalue weighted by Gasteiger charge is 2.08. The molecule has 0 fully saturated rings. The number of pyridine rings is 2. The third-order valence-corrected chi connectivity index (χ3v) is 2.62. The van der Waals surface area contributed by atoms with Gasteiger partial charge < -0.3 is 0 Å². The van der Waals surface area contributed by atoms with Crippen molar-refractivity contribution in [3.8, 4) is 6.07 Å². The second-order valence-corrected chi connectivity index (χ2v) is 3.66. The van der Waals surface area contributed by atoms with Gasteiger partial charge in [0, 0.05) is 30.4 Å². The van der Waals surface area contributed by atoms with E-state index in [2.05, 4.69) is 16.0 Å². The molecule has 2 heterocycles. The molecule has 17 heavy (non-hydrogen) atoms. The molecule has 3 nitrogen and oxygen atoms in total. The van der Waals surface area contributed by atoms with Crippen LogP contribution in [0.25, 0.3) is 10.6 Å². The minimum absolute atomic E-state index is 0.395. The molecule has 4 heteroatoms. The first kappa shape index (κ1) is 11.3. The van der Waals surface area contributed by atoms with E-state index in [0.29, 0.717) is 10.6 Å². The van der Waals surface area contributed by atoms with Crippen molar-refractivity contribution >= 4 is 22.2 Å². The summed E-state index contributed by atoms with van der Waals surface area (Å²) >= 11 is 6.20. The smallest absolute Gasteiger partial charge is 0.101 e. The number of halogens is 1. The molecule has 0 radical (unpaired) electrons. The zero-order chi connectivity index (χ0) is 12.1. The lowest BCUT2D eigenvalue weighted by Crippen LogP contribution is -1.87. The Morgan fingerprint density at radius 2 is 1.82 bits per heavy atom. The van der Waals surface area contributed by atoms with Crippen molar-refractivity contribution in [2.24, 2.45) is 0 Å². The number of allylic oxidation sites excluding steroid dienone is 1. The second kappa shape index (κ2) is 5.24. The number of aromatic nitrogens is 2. The Kier molecular flexibility index (Phi) is 3.49. The molecule has 2 aromatic rings. The highest BCUT2D eigenvalue weighted by Crippen LogP contribution is 2.28. The number of hydrogen-bond donors (Lipinski definition) is 0. The Labute approximate surface area is 104 Å². The average Bonchev–Trinajstić information content (AvgIpc) is 2.42. The van der Waals surface area contributed by atoms with Crippen molar-refractivity contribution in [1.82, 2.24) is 9.97 Å². The lowest BCUT2D eigenvalue weighted by atomic mass is 10.1. The van der Waals surface area contributed by atoms with Crippen molar-refractivity contribution in [2.45, 2.75) is 0 Å². The molecule has 0 saturated carbocycles. The van der Waals surface area contributed by atoms with E-state index in [1.54, 1.807) is 43.0 Å². The van der Waals surface area contributed by atoms with Crippen molar-refractivity contribution in [2.75, 3.05) is 0 Å². The summed E-state index contributed by atoms with van der Waals surface area (Å²) in [5.74, 6) is 0. The maximum absolute atomic E-state index is 9.18. The van der Waals surface area contributed by atoms with E-state index in [9.17, 15) is 5.26 Å². The van der Waals surface area contributed by atoms with E-state index in [1.807, 2.05) is 6.07 Å². The van der Waals surface area contributed by atoms with Crippen LogP contribution in [-0.2, 0) is 0 Å². The monoisotopic (exact) mass is 241 g/mol. The Balaban J connectivity index is 2.53. The normalized spacial score (nSPS) is 11.5. The molecular weight excluding hydrogens is 234 g/mol. The zero-order valence-corrected chi connectivity index (χ0v) is 9.59. The fourth-order valence-electron chi connectivity index (χ4n) is 1.40. The van der Waals surface area contributed by atoms with Gasteiger partial charge >= 0.3 is 0 Å². The maximum Gasteiger partial charge on any atom is 0.101 e. The van der Waals surface area contributed by atoms with Crippen LogP contribution in [0.2, 0.25) is 0 Å². The fourth-order valence-corrected chi connectivity index (χ4v) is 1.66. The van der Waals surface area contributed by atoms with Gasteiger partial charge in [-0.2, -0.15) is 5.26 Å². The summed E-state index contributed by atoms with van der Waals surface area (Å²) in [4.78, 5) is 7.88. The van der Waals surface area contributed by atoms with Crippen LogP contribution in [0.5, 0.6) is 0 Å². The third-order valence-electron chi connectivity index (χ3n) is 2.22. The van der Waals surface area contributed by atoms with E-state index in [0.717, 1.165) is 11.1 Å². The number of nitrogens with zero attached hydrogens (tertiary/aromatic N) is 3. The minimum atomic E-state index is 0.395. The molecule has 2 rings (SSSR count). The van der Waals surface area contributed by atoms with Gasteiger partial charge in [0.2, 0.25) is 0 Å². The van der Waals surface area contributed by atoms with E-state index >= 15 is 0 Å². The van der Waals surface area contributed by atoms with Crippen LogP contribution in [0, 0.1) is 11.3 Å². The van der Waals surface area contributed by atoms with Crippen molar-refractivity contribution in [3.05, 3.63) is 60.2 Å². The van der Waals surface area contributed by atoms with E-state index in [4.69, 9.17) is 11.6 Å². The molecule has 0 atom stereocenters. The van der Waals surface area contributed by atoms with Crippen LogP contribution < -0.4 is 0 Å². The molecule has 0 aromatic carbocycles. The Morgan fingerprint density at radius 3 is 2.41 bits per heavy atom. The molecular formula is C13H8ClN3. The van der Waals surface area contributed by atoms with Gasteiger partial charge in [-0.3, -0.25) is 9.97 Å². The van der Waals surface area contributed by atoms with E-state index in [1.165, 1.54) is 0 Å². The molecule has 0 N–H and O–H groups in total. The van der Waals surface area contributed by atoms with Gasteiger partial charge in [0.05, 0.1) is 10.6 Å². The summed E-state index contributed by atoms with van der Waals surface area (Å²) in [5.41, 5.74) is 1.89. The first-order valence-electron chi connectivity index (χ1n) is 4.93. The number of hydrogen-bond acceptors (Lipinski definition) is 3. The maximum atomic E-state index is 9.18. The topological polar surface area (TPSA) is 49.6 Å². The van der Waals surface area contributed by atoms with Gasteiger partial charge in [-0.05, 0) is 23.8 Å². The summed E-state index contributed by atoms with van der Waals surface area (Å²) in [6.45, 7) is 0. The van der Waals surface area contributed by atoms with Crippen LogP contribution in [0.1, 0.15) is 11.1 Å². The quantitative estimate of drug-likeness (QED) is 0.759. The molecule has 0 aliphatic carbocycles. The van der Waals surface area contributed by atoms with Crippen LogP contribution in [0.15, 0.2) is 49.1 Å². The lowest BCUT2D eigenvalue weighted by Gasteiger charge is -2.03. The van der Waals surface area contributed by atoms with Gasteiger partial charge in [-0.15, -0.1) is 0 Å². The van der Waals surface area contributed by atoms with Crippen LogP contribution in [0.3, 0.4) is 0 Å². The molecule has 2 aromatic heterocycles. The minimum Gasteiger partial charge on any atom is -0.265 e. The van der Waals surface area contributed by atoms with E-state index < -0.39 is 0 Å². The van der Waals surface area contributed by atoms with Gasteiger partial charge in [0.1, 0.15) is 6.07 Å². The lowest BCUT2D eigenvalue weighted by molar-refractivity contribution is 1.31. The summed E-state index contributed by atoms with van der Waals surface area (Å²) in [5, 5.41) is 9.57. The first-order valence-corrected chi connectivity index (χ1v) is 5.31. The fraction of sp³-hybridized carbons (Fsp3) is 0. The van der Waals surface area contributed by atoms with Gasteiger partial charge in [0.25, 0.3) is 0 Å². The van der Waals surface area contributed by atoms with Crippen molar-refractivity contribution in [1.29, 1.82) is 5.26 Å². The van der Waals surface area contributed by atoms with E-state index in [-0.39, 0.29) is 0 Å². The first-order chi connectivity index (χ1) is 8.33. The van der Waals surface area contributed by atoms with Crippen LogP contribution in [0.4, 0.5) is 0 Å². The van der Waals surface area contributed by atoms with Crippen molar-refractivity contribution < 1.29 is 0 Å². The predicted molar refractivity (Wildman–Crippen MR) is 66.8 cm³/mol. The molecule has 0 saturated heterocycles. The highest BCUT2D eigenvalue weighted by atomic mass is 35.5. The Bertz CT molecular complexity index is 571. The molecule has 0 bridgehead atoms. The second-order valence-electron chi connectivity index (χ2n) is 3.28. The molecule has 0 amide bonds. The largest absolute Gasteiger partial charge is 0.265 e. The SMILES string of the molecule is N#C/C(=C(/Cl)c1cccnc1)c1ccncc1. The highest BCUT2D eigenvalue weighted by molar-refractivity contribution is 6.53. The Morgan fingerprint density at radius 1 is 1.06 bits per heavy atom. The van der Waals surface area contributed by atoms with Crippen LogP contribution >= 0.6 is 11.6 Å². The van der Waals surface area contributed by atoms with Crippen molar-refractivity contribution in [3.63, 3.8) is 0 Å². The summed E-state index contributed by atoms with van der Waals surface area (Å²) in [6, 6.07) is 9.19.